The van der Waals surface area contributed by atoms with Gasteiger partial charge in [0.1, 0.15) is 5.56 Å². The molecule has 2 heterocycles. The highest BCUT2D eigenvalue weighted by Crippen LogP contribution is 2.35. The Morgan fingerprint density at radius 2 is 1.41 bits per heavy atom. The van der Waals surface area contributed by atoms with E-state index in [0.29, 0.717) is 26.3 Å². The molecular weight excluding hydrogens is 660 g/mol. The molecule has 13 nitrogen and oxygen atoms in total. The van der Waals surface area contributed by atoms with E-state index in [9.17, 15) is 57.9 Å². The Bertz CT molecular complexity index is 1800. The second-order valence-electron chi connectivity index (χ2n) is 8.29. The number of aromatic hydroxyl groups is 1. The molecule has 1 saturated heterocycles. The van der Waals surface area contributed by atoms with Gasteiger partial charge in [-0.05, 0) is 24.3 Å². The second-order valence-corrected chi connectivity index (χ2v) is 11.4. The van der Waals surface area contributed by atoms with Gasteiger partial charge in [-0.15, -0.1) is 0 Å². The van der Waals surface area contributed by atoms with Crippen molar-refractivity contribution >= 4 is 43.1 Å². The lowest BCUT2D eigenvalue weighted by Crippen LogP contribution is -2.36. The Labute approximate surface area is 243 Å². The molecule has 0 unspecified atom stereocenters. The number of halogens is 6. The summed E-state index contributed by atoms with van der Waals surface area (Å²) >= 11 is 0. The molecule has 242 valence electrons. The van der Waals surface area contributed by atoms with E-state index in [1.165, 1.54) is 18.2 Å². The van der Waals surface area contributed by atoms with Crippen molar-refractivity contribution in [3.05, 3.63) is 58.3 Å². The topological polar surface area (TPSA) is 176 Å². The minimum absolute atomic E-state index is 0.0908. The van der Waals surface area contributed by atoms with Crippen molar-refractivity contribution in [2.45, 2.75) is 11.0 Å². The summed E-state index contributed by atoms with van der Waals surface area (Å²) in [6, 6.07) is 7.48. The first kappa shape index (κ1) is 34.3. The summed E-state index contributed by atoms with van der Waals surface area (Å²) < 4.78 is 141. The Morgan fingerprint density at radius 1 is 0.886 bits per heavy atom. The highest BCUT2D eigenvalue weighted by atomic mass is 32.2. The molecule has 0 spiro atoms. The number of carbonyl (C=O) groups is 1. The van der Waals surface area contributed by atoms with Gasteiger partial charge in [0, 0.05) is 19.2 Å². The van der Waals surface area contributed by atoms with Gasteiger partial charge < -0.3 is 32.3 Å². The van der Waals surface area contributed by atoms with Crippen molar-refractivity contribution in [1.29, 1.82) is 0 Å². The largest absolute Gasteiger partial charge is 0.534 e. The van der Waals surface area contributed by atoms with Gasteiger partial charge in [-0.1, -0.05) is 12.1 Å². The summed E-state index contributed by atoms with van der Waals surface area (Å²) in [7, 11) is -10.8. The standard InChI is InChI=1S/C14H12F3NO6S.C9H7F3O6S/c15-14(16,17)25(20,21)24-11-3-1-2-9-10(19)8-12(23-13(9)11)18-4-6-22-7-5-18;1-17-8(14)5-3-2-4-6(7(5)13)18-19(15,16)9(10,11)12/h1-3,8H,4-7H2;2-4,13H,1H3. The molecule has 0 amide bonds. The van der Waals surface area contributed by atoms with E-state index in [4.69, 9.17) is 9.15 Å². The Kier molecular flexibility index (Phi) is 9.95. The van der Waals surface area contributed by atoms with Gasteiger partial charge in [-0.3, -0.25) is 4.79 Å². The number of hydrogen-bond acceptors (Lipinski definition) is 13. The summed E-state index contributed by atoms with van der Waals surface area (Å²) in [6.45, 7) is 1.61. The highest BCUT2D eigenvalue weighted by molar-refractivity contribution is 7.88. The highest BCUT2D eigenvalue weighted by Gasteiger charge is 2.49. The molecule has 1 fully saturated rings. The second kappa shape index (κ2) is 12.8. The van der Waals surface area contributed by atoms with Gasteiger partial charge >= 0.3 is 37.2 Å². The number of ether oxygens (including phenoxy) is 2. The summed E-state index contributed by atoms with van der Waals surface area (Å²) in [5.74, 6) is -3.77. The van der Waals surface area contributed by atoms with Gasteiger partial charge in [0.05, 0.1) is 25.7 Å². The number of phenolic OH excluding ortho intramolecular Hbond substituents is 1. The number of anilines is 1. The molecule has 0 atom stereocenters. The van der Waals surface area contributed by atoms with Crippen LogP contribution < -0.4 is 18.7 Å². The van der Waals surface area contributed by atoms with E-state index in [0.717, 1.165) is 31.4 Å². The maximum Gasteiger partial charge on any atom is 0.534 e. The van der Waals surface area contributed by atoms with Gasteiger partial charge in [0.25, 0.3) is 0 Å². The summed E-state index contributed by atoms with van der Waals surface area (Å²) in [5, 5.41) is 9.37. The van der Waals surface area contributed by atoms with Crippen LogP contribution in [0.1, 0.15) is 10.4 Å². The molecular formula is C23H19F6NO12S2. The number of esters is 1. The third-order valence-corrected chi connectivity index (χ3v) is 7.33. The minimum atomic E-state index is -5.93. The first-order valence-corrected chi connectivity index (χ1v) is 14.4. The van der Waals surface area contributed by atoms with Crippen molar-refractivity contribution in [2.75, 3.05) is 38.3 Å². The average Bonchev–Trinajstić information content (AvgIpc) is 2.93. The van der Waals surface area contributed by atoms with Crippen LogP contribution >= 0.6 is 0 Å². The van der Waals surface area contributed by atoms with Crippen molar-refractivity contribution in [3.8, 4) is 17.2 Å². The van der Waals surface area contributed by atoms with Crippen LogP contribution in [-0.2, 0) is 29.7 Å². The molecule has 0 aliphatic carbocycles. The molecule has 0 saturated carbocycles. The molecule has 1 aromatic heterocycles. The number of morpholine rings is 1. The maximum atomic E-state index is 12.5. The third kappa shape index (κ3) is 7.63. The lowest BCUT2D eigenvalue weighted by Gasteiger charge is -2.27. The van der Waals surface area contributed by atoms with E-state index >= 15 is 0 Å². The summed E-state index contributed by atoms with van der Waals surface area (Å²) in [4.78, 5) is 25.0. The van der Waals surface area contributed by atoms with E-state index in [1.54, 1.807) is 4.90 Å². The fourth-order valence-corrected chi connectivity index (χ4v) is 4.27. The zero-order valence-corrected chi connectivity index (χ0v) is 23.5. The molecule has 0 radical (unpaired) electrons. The number of benzene rings is 2. The van der Waals surface area contributed by atoms with Crippen molar-refractivity contribution < 1.29 is 75.3 Å². The van der Waals surface area contributed by atoms with Crippen LogP contribution in [0.25, 0.3) is 11.0 Å². The molecule has 21 heteroatoms. The van der Waals surface area contributed by atoms with E-state index in [1.807, 2.05) is 0 Å². The fraction of sp³-hybridized carbons (Fsp3) is 0.304. The minimum Gasteiger partial charge on any atom is -0.504 e. The van der Waals surface area contributed by atoms with Gasteiger partial charge in [-0.2, -0.15) is 43.2 Å². The normalized spacial score (nSPS) is 14.4. The van der Waals surface area contributed by atoms with Gasteiger partial charge in [0.15, 0.2) is 34.1 Å². The molecule has 4 rings (SSSR count). The number of para-hydroxylation sites is 2. The quantitative estimate of drug-likeness (QED) is 0.174. The molecule has 44 heavy (non-hydrogen) atoms. The summed E-state index contributed by atoms with van der Waals surface area (Å²) in [6.07, 6.45) is 0. The first-order chi connectivity index (χ1) is 20.3. The van der Waals surface area contributed by atoms with Crippen molar-refractivity contribution in [1.82, 2.24) is 0 Å². The summed E-state index contributed by atoms with van der Waals surface area (Å²) in [5.41, 5.74) is -12.7. The van der Waals surface area contributed by atoms with Gasteiger partial charge in [-0.25, -0.2) is 4.79 Å². The zero-order valence-electron chi connectivity index (χ0n) is 21.8. The predicted octanol–water partition coefficient (Wildman–Crippen LogP) is 3.27. The lowest BCUT2D eigenvalue weighted by molar-refractivity contribution is -0.0505. The molecule has 1 aliphatic heterocycles. The van der Waals surface area contributed by atoms with Gasteiger partial charge in [0.2, 0.25) is 0 Å². The van der Waals surface area contributed by atoms with Crippen molar-refractivity contribution in [3.63, 3.8) is 0 Å². The van der Waals surface area contributed by atoms with Crippen LogP contribution in [0.2, 0.25) is 0 Å². The van der Waals surface area contributed by atoms with Crippen LogP contribution in [0, 0.1) is 0 Å². The molecule has 1 aliphatic rings. The molecule has 1 N–H and O–H groups in total. The molecule has 0 bridgehead atoms. The van der Waals surface area contributed by atoms with E-state index in [2.05, 4.69) is 13.1 Å². The average molecular weight is 680 g/mol. The first-order valence-electron chi connectivity index (χ1n) is 11.6. The fourth-order valence-electron chi connectivity index (χ4n) is 3.34. The van der Waals surface area contributed by atoms with Crippen LogP contribution in [0.5, 0.6) is 17.2 Å². The zero-order chi connectivity index (χ0) is 33.1. The number of fused-ring (bicyclic) bond motifs is 1. The number of alkyl halides is 6. The lowest BCUT2D eigenvalue weighted by atomic mass is 10.2. The number of methoxy groups -OCH3 is 1. The number of rotatable bonds is 6. The van der Waals surface area contributed by atoms with E-state index < -0.39 is 65.5 Å². The number of phenols is 1. The van der Waals surface area contributed by atoms with Crippen molar-refractivity contribution in [2.24, 2.45) is 0 Å². The molecule has 2 aromatic carbocycles. The smallest absolute Gasteiger partial charge is 0.504 e. The van der Waals surface area contributed by atoms with Crippen LogP contribution in [0.15, 0.2) is 51.7 Å². The maximum absolute atomic E-state index is 12.5. The van der Waals surface area contributed by atoms with Crippen LogP contribution in [-0.4, -0.2) is 72.3 Å². The van der Waals surface area contributed by atoms with Crippen LogP contribution in [0.4, 0.5) is 32.2 Å². The Hall–Kier alpha value is -4.24. The predicted molar refractivity (Wildman–Crippen MR) is 136 cm³/mol. The number of carbonyl (C=O) groups excluding carboxylic acids is 1. The van der Waals surface area contributed by atoms with E-state index in [-0.39, 0.29) is 16.9 Å². The number of hydrogen-bond donors (Lipinski definition) is 1. The Morgan fingerprint density at radius 3 is 1.95 bits per heavy atom. The monoisotopic (exact) mass is 679 g/mol. The SMILES string of the molecule is COC(=O)c1cccc(OS(=O)(=O)C(F)(F)F)c1O.O=c1cc(N2CCOCC2)oc2c(OS(=O)(=O)C(F)(F)F)cccc12. The number of nitrogens with zero attached hydrogens (tertiary/aromatic N) is 1. The van der Waals surface area contributed by atoms with Crippen LogP contribution in [0.3, 0.4) is 0 Å². The third-order valence-electron chi connectivity index (χ3n) is 5.40. The Balaban J connectivity index is 0.000000251. The molecule has 3 aromatic rings.